The average Bonchev–Trinajstić information content (AvgIpc) is 4.04. The summed E-state index contributed by atoms with van der Waals surface area (Å²) in [5.74, 6) is 0. The number of fused-ring (bicyclic) bond motifs is 9. The van der Waals surface area contributed by atoms with Gasteiger partial charge in [-0.2, -0.15) is 0 Å². The van der Waals surface area contributed by atoms with E-state index in [-0.39, 0.29) is 0 Å². The van der Waals surface area contributed by atoms with Gasteiger partial charge in [-0.25, -0.2) is 0 Å². The number of pyridine rings is 4. The summed E-state index contributed by atoms with van der Waals surface area (Å²) in [5.41, 5.74) is 20.7. The summed E-state index contributed by atoms with van der Waals surface area (Å²) in [5, 5.41) is 6.68. The first-order chi connectivity index (χ1) is 32.2. The topological polar surface area (TPSA) is 101 Å². The van der Waals surface area contributed by atoms with Gasteiger partial charge in [-0.1, -0.05) is 48.5 Å². The zero-order valence-electron chi connectivity index (χ0n) is 35.3. The molecule has 0 unspecified atom stereocenters. The summed E-state index contributed by atoms with van der Waals surface area (Å²) < 4.78 is 11.3. The van der Waals surface area contributed by atoms with Gasteiger partial charge in [-0.3, -0.25) is 19.9 Å². The van der Waals surface area contributed by atoms with Gasteiger partial charge in [0.15, 0.2) is 0 Å². The summed E-state index contributed by atoms with van der Waals surface area (Å²) in [4.78, 5) is 18.7. The number of rotatable bonds is 6. The fourth-order valence-electron chi connectivity index (χ4n) is 9.41. The lowest BCUT2D eigenvalue weighted by molar-refractivity contribution is 0.669. The van der Waals surface area contributed by atoms with Crippen molar-refractivity contribution in [3.63, 3.8) is 0 Å². The number of nitrogens with two attached hydrogens (primary N) is 1. The molecule has 0 saturated heterocycles. The highest BCUT2D eigenvalue weighted by atomic mass is 16.3. The molecule has 7 heterocycles. The molecule has 0 amide bonds. The van der Waals surface area contributed by atoms with Gasteiger partial charge in [0.25, 0.3) is 0 Å². The van der Waals surface area contributed by atoms with E-state index in [1.165, 1.54) is 7.05 Å². The minimum absolute atomic E-state index is 0.837. The van der Waals surface area contributed by atoms with Crippen LogP contribution >= 0.6 is 0 Å². The van der Waals surface area contributed by atoms with E-state index in [4.69, 9.17) is 4.42 Å². The molecule has 0 aliphatic heterocycles. The second-order valence-corrected chi connectivity index (χ2v) is 15.9. The normalized spacial score (nSPS) is 11.5. The average molecular weight is 838 g/mol. The van der Waals surface area contributed by atoms with Gasteiger partial charge in [0.05, 0.1) is 44.8 Å². The van der Waals surface area contributed by atoms with Crippen molar-refractivity contribution in [2.75, 3.05) is 7.05 Å². The van der Waals surface area contributed by atoms with Gasteiger partial charge in [-0.05, 0) is 141 Å². The standard InChI is InChI=1S/C56H34N6O.CH5N/c1-5-25-57-47(9-1)35-13-19-51-41(29-35)42-30-36(48-10-2-6-26-58-48)14-20-52(42)61(51)39-17-23-55-45(33-39)46-34-40(18-24-56(46)63-55)62-53-21-15-37(49-11-3-7-27-59-49)31-43(53)44-32-38(16-22-54(44)62)50-12-4-8-28-60-50;1-2/h1-34H;2H2,1H3. The molecule has 65 heavy (non-hydrogen) atoms. The first-order valence-electron chi connectivity index (χ1n) is 21.6. The zero-order valence-corrected chi connectivity index (χ0v) is 35.3. The van der Waals surface area contributed by atoms with Crippen LogP contribution in [0.1, 0.15) is 0 Å². The maximum Gasteiger partial charge on any atom is 0.135 e. The van der Waals surface area contributed by atoms with Crippen LogP contribution in [-0.4, -0.2) is 36.1 Å². The maximum absolute atomic E-state index is 6.56. The van der Waals surface area contributed by atoms with Crippen molar-refractivity contribution < 1.29 is 4.42 Å². The Kier molecular flexibility index (Phi) is 9.10. The van der Waals surface area contributed by atoms with E-state index < -0.39 is 0 Å². The number of furan rings is 1. The smallest absolute Gasteiger partial charge is 0.135 e. The molecule has 0 atom stereocenters. The van der Waals surface area contributed by atoms with Gasteiger partial charge < -0.3 is 19.3 Å². The SMILES string of the molecule is CN.c1ccc(-c2ccc3c(c2)c2cc(-c4ccccn4)ccc2n3-c2ccc3oc4ccc(-n5c6ccc(-c7ccccn7)cc6c6cc(-c7ccccn7)ccc65)cc4c3c2)nc1. The molecule has 6 aromatic carbocycles. The van der Waals surface area contributed by atoms with Crippen LogP contribution in [0.4, 0.5) is 0 Å². The molecule has 0 fully saturated rings. The molecule has 8 nitrogen and oxygen atoms in total. The largest absolute Gasteiger partial charge is 0.456 e. The lowest BCUT2D eigenvalue weighted by atomic mass is 10.0. The van der Waals surface area contributed by atoms with Gasteiger partial charge in [0, 0.05) is 90.7 Å². The number of hydrogen-bond acceptors (Lipinski definition) is 6. The van der Waals surface area contributed by atoms with E-state index in [9.17, 15) is 0 Å². The molecule has 308 valence electrons. The highest BCUT2D eigenvalue weighted by Gasteiger charge is 2.19. The van der Waals surface area contributed by atoms with Crippen LogP contribution < -0.4 is 5.73 Å². The Labute approximate surface area is 373 Å². The first kappa shape index (κ1) is 38.0. The van der Waals surface area contributed by atoms with Crippen molar-refractivity contribution in [3.8, 4) is 56.4 Å². The molecule has 0 aliphatic rings. The Morgan fingerprint density at radius 1 is 0.323 bits per heavy atom. The predicted octanol–water partition coefficient (Wildman–Crippen LogP) is 13.6. The summed E-state index contributed by atoms with van der Waals surface area (Å²) in [7, 11) is 1.50. The van der Waals surface area contributed by atoms with E-state index in [0.29, 0.717) is 0 Å². The van der Waals surface area contributed by atoms with E-state index in [2.05, 4.69) is 168 Å². The second kappa shape index (κ2) is 15.6. The van der Waals surface area contributed by atoms with Crippen LogP contribution in [0.25, 0.3) is 122 Å². The quantitative estimate of drug-likeness (QED) is 0.179. The Morgan fingerprint density at radius 2 is 0.631 bits per heavy atom. The lowest BCUT2D eigenvalue weighted by Gasteiger charge is -2.10. The second-order valence-electron chi connectivity index (χ2n) is 15.9. The molecule has 7 aromatic heterocycles. The third-order valence-corrected chi connectivity index (χ3v) is 12.3. The Hall–Kier alpha value is -8.72. The van der Waals surface area contributed by atoms with Crippen molar-refractivity contribution in [2.45, 2.75) is 0 Å². The van der Waals surface area contributed by atoms with E-state index in [0.717, 1.165) is 122 Å². The number of nitrogens with zero attached hydrogens (tertiary/aromatic N) is 6. The number of benzene rings is 6. The lowest BCUT2D eigenvalue weighted by Crippen LogP contribution is -1.94. The number of aromatic nitrogens is 6. The van der Waals surface area contributed by atoms with Crippen LogP contribution in [0.5, 0.6) is 0 Å². The summed E-state index contributed by atoms with van der Waals surface area (Å²) >= 11 is 0. The van der Waals surface area contributed by atoms with Crippen molar-refractivity contribution in [1.82, 2.24) is 29.1 Å². The number of hydrogen-bond donors (Lipinski definition) is 1. The van der Waals surface area contributed by atoms with Crippen LogP contribution in [0, 0.1) is 0 Å². The highest BCUT2D eigenvalue weighted by Crippen LogP contribution is 2.41. The molecular weight excluding hydrogens is 799 g/mol. The van der Waals surface area contributed by atoms with E-state index in [1.54, 1.807) is 0 Å². The highest BCUT2D eigenvalue weighted by molar-refractivity contribution is 6.14. The van der Waals surface area contributed by atoms with Crippen LogP contribution in [0.3, 0.4) is 0 Å². The Morgan fingerprint density at radius 3 is 0.908 bits per heavy atom. The molecule has 0 saturated carbocycles. The minimum Gasteiger partial charge on any atom is -0.456 e. The maximum atomic E-state index is 6.56. The third kappa shape index (κ3) is 6.34. The van der Waals surface area contributed by atoms with Crippen molar-refractivity contribution >= 4 is 65.6 Å². The minimum atomic E-state index is 0.837. The molecular formula is C57H39N7O. The fraction of sp³-hybridized carbons (Fsp3) is 0.0175. The third-order valence-electron chi connectivity index (χ3n) is 12.3. The monoisotopic (exact) mass is 837 g/mol. The van der Waals surface area contributed by atoms with E-state index in [1.807, 2.05) is 73.3 Å². The van der Waals surface area contributed by atoms with Crippen LogP contribution in [-0.2, 0) is 0 Å². The molecule has 13 aromatic rings. The van der Waals surface area contributed by atoms with Gasteiger partial charge in [0.1, 0.15) is 11.2 Å². The summed E-state index contributed by atoms with van der Waals surface area (Å²) in [6.07, 6.45) is 7.38. The Balaban J connectivity index is 0.00000219. The van der Waals surface area contributed by atoms with Crippen molar-refractivity contribution in [3.05, 3.63) is 207 Å². The molecule has 13 rings (SSSR count). The molecule has 0 bridgehead atoms. The molecule has 8 heteroatoms. The first-order valence-corrected chi connectivity index (χ1v) is 21.6. The van der Waals surface area contributed by atoms with Gasteiger partial charge >= 0.3 is 0 Å². The van der Waals surface area contributed by atoms with Crippen LogP contribution in [0.2, 0.25) is 0 Å². The van der Waals surface area contributed by atoms with E-state index >= 15 is 0 Å². The van der Waals surface area contributed by atoms with Gasteiger partial charge in [-0.15, -0.1) is 0 Å². The van der Waals surface area contributed by atoms with Crippen molar-refractivity contribution in [1.29, 1.82) is 0 Å². The summed E-state index contributed by atoms with van der Waals surface area (Å²) in [6.45, 7) is 0. The summed E-state index contributed by atoms with van der Waals surface area (Å²) in [6, 6.07) is 63.9. The molecule has 0 aliphatic carbocycles. The molecule has 0 spiro atoms. The van der Waals surface area contributed by atoms with Gasteiger partial charge in [0.2, 0.25) is 0 Å². The zero-order chi connectivity index (χ0) is 43.4. The molecule has 2 N–H and O–H groups in total. The Bertz CT molecular complexity index is 3450. The van der Waals surface area contributed by atoms with Crippen molar-refractivity contribution in [2.24, 2.45) is 5.73 Å². The fourth-order valence-corrected chi connectivity index (χ4v) is 9.41. The predicted molar refractivity (Wildman–Crippen MR) is 265 cm³/mol. The van der Waals surface area contributed by atoms with Crippen LogP contribution in [0.15, 0.2) is 211 Å². The molecule has 0 radical (unpaired) electrons.